The number of ether oxygens (including phenoxy) is 1. The summed E-state index contributed by atoms with van der Waals surface area (Å²) in [6.07, 6.45) is 0.525. The molecule has 2 aliphatic rings. The average molecular weight is 340 g/mol. The molecule has 1 amide bonds. The van der Waals surface area contributed by atoms with Crippen molar-refractivity contribution in [2.45, 2.75) is 25.4 Å². The van der Waals surface area contributed by atoms with E-state index in [0.29, 0.717) is 13.2 Å². The van der Waals surface area contributed by atoms with Gasteiger partial charge in [-0.3, -0.25) is 4.79 Å². The fraction of sp³-hybridized carbons (Fsp3) is 0.533. The quantitative estimate of drug-likeness (QED) is 0.898. The Balaban J connectivity index is 1.76. The average Bonchev–Trinajstić information content (AvgIpc) is 3.04. The molecule has 1 fully saturated rings. The lowest BCUT2D eigenvalue weighted by Gasteiger charge is -2.21. The number of carbonyl (C=O) groups excluding carboxylic acids is 1. The smallest absolute Gasteiger partial charge is 0.233 e. The number of fused-ring (bicyclic) bond motifs is 1. The molecule has 1 aromatic rings. The van der Waals surface area contributed by atoms with Gasteiger partial charge in [0.25, 0.3) is 0 Å². The highest BCUT2D eigenvalue weighted by atomic mass is 79.9. The van der Waals surface area contributed by atoms with Crippen LogP contribution in [0.5, 0.6) is 5.75 Å². The van der Waals surface area contributed by atoms with Crippen molar-refractivity contribution < 1.29 is 14.6 Å². The predicted octanol–water partition coefficient (Wildman–Crippen LogP) is 2.15. The van der Waals surface area contributed by atoms with E-state index in [0.717, 1.165) is 28.8 Å². The first-order valence-electron chi connectivity index (χ1n) is 6.95. The maximum absolute atomic E-state index is 12.6. The zero-order valence-electron chi connectivity index (χ0n) is 11.4. The van der Waals surface area contributed by atoms with Crippen molar-refractivity contribution in [3.05, 3.63) is 28.2 Å². The van der Waals surface area contributed by atoms with Crippen molar-refractivity contribution in [2.24, 2.45) is 5.92 Å². The van der Waals surface area contributed by atoms with Crippen molar-refractivity contribution in [3.63, 3.8) is 0 Å². The van der Waals surface area contributed by atoms with Crippen molar-refractivity contribution >= 4 is 21.8 Å². The van der Waals surface area contributed by atoms with Crippen molar-refractivity contribution in [1.29, 1.82) is 0 Å². The number of amides is 1. The van der Waals surface area contributed by atoms with Crippen LogP contribution in [0.1, 0.15) is 24.8 Å². The first-order valence-corrected chi connectivity index (χ1v) is 7.74. The van der Waals surface area contributed by atoms with Gasteiger partial charge in [-0.2, -0.15) is 0 Å². The number of nitrogens with zero attached hydrogens (tertiary/aromatic N) is 1. The topological polar surface area (TPSA) is 49.8 Å². The number of likely N-dealkylation sites (tertiary alicyclic amines) is 1. The Morgan fingerprint density at radius 2 is 2.35 bits per heavy atom. The molecule has 3 rings (SSSR count). The highest BCUT2D eigenvalue weighted by Crippen LogP contribution is 2.37. The molecule has 0 radical (unpaired) electrons. The van der Waals surface area contributed by atoms with E-state index in [-0.39, 0.29) is 23.8 Å². The largest absolute Gasteiger partial charge is 0.492 e. The van der Waals surface area contributed by atoms with Crippen LogP contribution in [0.3, 0.4) is 0 Å². The lowest BCUT2D eigenvalue weighted by molar-refractivity contribution is -0.132. The molecule has 5 heteroatoms. The van der Waals surface area contributed by atoms with Crippen LogP contribution < -0.4 is 4.74 Å². The molecule has 0 spiro atoms. The third kappa shape index (κ3) is 2.44. The molecular weight excluding hydrogens is 322 g/mol. The van der Waals surface area contributed by atoms with Gasteiger partial charge in [0.1, 0.15) is 18.3 Å². The van der Waals surface area contributed by atoms with Crippen LogP contribution in [0, 0.1) is 5.92 Å². The normalized spacial score (nSPS) is 26.2. The number of aliphatic hydroxyl groups is 1. The summed E-state index contributed by atoms with van der Waals surface area (Å²) < 4.78 is 6.56. The molecule has 3 unspecified atom stereocenters. The first-order chi connectivity index (χ1) is 9.56. The maximum atomic E-state index is 12.6. The van der Waals surface area contributed by atoms with Gasteiger partial charge in [0.05, 0.1) is 6.10 Å². The van der Waals surface area contributed by atoms with E-state index in [1.54, 1.807) is 6.92 Å². The molecule has 4 nitrogen and oxygen atoms in total. The fourth-order valence-electron chi connectivity index (χ4n) is 2.99. The van der Waals surface area contributed by atoms with Gasteiger partial charge in [0, 0.05) is 29.0 Å². The molecule has 20 heavy (non-hydrogen) atoms. The lowest BCUT2D eigenvalue weighted by Crippen LogP contribution is -2.35. The van der Waals surface area contributed by atoms with Crippen LogP contribution in [0.2, 0.25) is 0 Å². The monoisotopic (exact) mass is 339 g/mol. The van der Waals surface area contributed by atoms with E-state index >= 15 is 0 Å². The zero-order valence-corrected chi connectivity index (χ0v) is 13.0. The molecule has 2 heterocycles. The van der Waals surface area contributed by atoms with Crippen molar-refractivity contribution in [3.8, 4) is 5.75 Å². The van der Waals surface area contributed by atoms with Gasteiger partial charge < -0.3 is 14.7 Å². The minimum Gasteiger partial charge on any atom is -0.492 e. The van der Waals surface area contributed by atoms with Gasteiger partial charge in [0.2, 0.25) is 5.91 Å². The highest BCUT2D eigenvalue weighted by Gasteiger charge is 2.37. The van der Waals surface area contributed by atoms with Gasteiger partial charge in [-0.25, -0.2) is 0 Å². The van der Waals surface area contributed by atoms with E-state index in [1.165, 1.54) is 0 Å². The molecule has 1 N–H and O–H groups in total. The number of hydrogen-bond donors (Lipinski definition) is 1. The van der Waals surface area contributed by atoms with Crippen LogP contribution in [-0.4, -0.2) is 41.7 Å². The molecule has 108 valence electrons. The Bertz CT molecular complexity index is 532. The molecular formula is C15H18BrNO3. The summed E-state index contributed by atoms with van der Waals surface area (Å²) in [5, 5.41) is 9.64. The fourth-order valence-corrected chi connectivity index (χ4v) is 3.37. The van der Waals surface area contributed by atoms with Crippen LogP contribution in [-0.2, 0) is 4.79 Å². The van der Waals surface area contributed by atoms with Gasteiger partial charge in [-0.1, -0.05) is 15.9 Å². The SMILES string of the molecule is CC(O)C1CCN(C(=O)C2COc3ccc(Br)cc32)C1. The van der Waals surface area contributed by atoms with Crippen molar-refractivity contribution in [1.82, 2.24) is 4.90 Å². The van der Waals surface area contributed by atoms with Gasteiger partial charge in [-0.15, -0.1) is 0 Å². The number of hydrogen-bond acceptors (Lipinski definition) is 3. The van der Waals surface area contributed by atoms with E-state index in [9.17, 15) is 9.90 Å². The molecule has 0 aliphatic carbocycles. The minimum atomic E-state index is -0.353. The molecule has 1 saturated heterocycles. The summed E-state index contributed by atoms with van der Waals surface area (Å²) >= 11 is 3.44. The minimum absolute atomic E-state index is 0.116. The Kier molecular flexibility index (Phi) is 3.73. The predicted molar refractivity (Wildman–Crippen MR) is 78.7 cm³/mol. The molecule has 0 bridgehead atoms. The summed E-state index contributed by atoms with van der Waals surface area (Å²) in [5.74, 6) is 0.904. The van der Waals surface area contributed by atoms with Crippen LogP contribution in [0.15, 0.2) is 22.7 Å². The second-order valence-corrected chi connectivity index (χ2v) is 6.54. The Morgan fingerprint density at radius 1 is 1.55 bits per heavy atom. The number of benzene rings is 1. The Labute approximate surface area is 126 Å². The summed E-state index contributed by atoms with van der Waals surface area (Å²) in [6, 6.07) is 5.79. The van der Waals surface area contributed by atoms with Gasteiger partial charge >= 0.3 is 0 Å². The highest BCUT2D eigenvalue weighted by molar-refractivity contribution is 9.10. The Hall–Kier alpha value is -1.07. The number of aliphatic hydroxyl groups excluding tert-OH is 1. The molecule has 1 aromatic carbocycles. The molecule has 3 atom stereocenters. The summed E-state index contributed by atoms with van der Waals surface area (Å²) in [6.45, 7) is 3.59. The van der Waals surface area contributed by atoms with Crippen LogP contribution in [0.4, 0.5) is 0 Å². The van der Waals surface area contributed by atoms with Crippen LogP contribution >= 0.6 is 15.9 Å². The van der Waals surface area contributed by atoms with E-state index in [4.69, 9.17) is 4.74 Å². The first kappa shape index (κ1) is 13.9. The van der Waals surface area contributed by atoms with Gasteiger partial charge in [0.15, 0.2) is 0 Å². The third-order valence-corrected chi connectivity index (χ3v) is 4.76. The number of halogens is 1. The summed E-state index contributed by atoms with van der Waals surface area (Å²) in [7, 11) is 0. The van der Waals surface area contributed by atoms with E-state index in [2.05, 4.69) is 15.9 Å². The standard InChI is InChI=1S/C15H18BrNO3/c1-9(18)10-4-5-17(7-10)15(19)13-8-20-14-3-2-11(16)6-12(13)14/h2-3,6,9-10,13,18H,4-5,7-8H2,1H3. The summed E-state index contributed by atoms with van der Waals surface area (Å²) in [5.41, 5.74) is 0.963. The second-order valence-electron chi connectivity index (χ2n) is 5.62. The number of carbonyl (C=O) groups is 1. The van der Waals surface area contributed by atoms with Crippen LogP contribution in [0.25, 0.3) is 0 Å². The lowest BCUT2D eigenvalue weighted by atomic mass is 10.00. The molecule has 0 saturated carbocycles. The van der Waals surface area contributed by atoms with Gasteiger partial charge in [-0.05, 0) is 31.5 Å². The van der Waals surface area contributed by atoms with Crippen molar-refractivity contribution in [2.75, 3.05) is 19.7 Å². The maximum Gasteiger partial charge on any atom is 0.233 e. The number of rotatable bonds is 2. The second kappa shape index (κ2) is 5.37. The third-order valence-electron chi connectivity index (χ3n) is 4.27. The van der Waals surface area contributed by atoms with E-state index in [1.807, 2.05) is 23.1 Å². The summed E-state index contributed by atoms with van der Waals surface area (Å²) in [4.78, 5) is 14.5. The van der Waals surface area contributed by atoms with E-state index < -0.39 is 0 Å². The zero-order chi connectivity index (χ0) is 14.3. The molecule has 2 aliphatic heterocycles. The molecule has 0 aromatic heterocycles. The Morgan fingerprint density at radius 3 is 3.05 bits per heavy atom.